The lowest BCUT2D eigenvalue weighted by molar-refractivity contribution is -0.144. The fourth-order valence-corrected chi connectivity index (χ4v) is 1.10. The van der Waals surface area contributed by atoms with Gasteiger partial charge in [-0.05, 0) is 6.42 Å². The second-order valence-electron chi connectivity index (χ2n) is 2.88. The average Bonchev–Trinajstić information content (AvgIpc) is 1.86. The van der Waals surface area contributed by atoms with Gasteiger partial charge in [-0.15, -0.1) is 0 Å². The minimum Gasteiger partial charge on any atom is -0.347 e. The van der Waals surface area contributed by atoms with Crippen molar-refractivity contribution in [3.63, 3.8) is 0 Å². The minimum absolute atomic E-state index is 0.0170. The topological polar surface area (TPSA) is 40.6 Å². The Kier molecular flexibility index (Phi) is 2.12. The highest BCUT2D eigenvalue weighted by atomic mass is 16.2. The molecule has 1 heterocycles. The van der Waals surface area contributed by atoms with Gasteiger partial charge >= 0.3 is 0 Å². The van der Waals surface area contributed by atoms with Gasteiger partial charge in [-0.1, -0.05) is 0 Å². The van der Waals surface area contributed by atoms with E-state index >= 15 is 0 Å². The predicted octanol–water partition coefficient (Wildman–Crippen LogP) is -0.695. The Hall–Kier alpha value is -1.06. The Morgan fingerprint density at radius 1 is 1.64 bits per heavy atom. The number of hydrogen-bond donors (Lipinski definition) is 0. The van der Waals surface area contributed by atoms with E-state index in [0.717, 1.165) is 12.8 Å². The lowest BCUT2D eigenvalue weighted by Crippen LogP contribution is -2.54. The molecule has 62 valence electrons. The molecule has 1 atom stereocenters. The summed E-state index contributed by atoms with van der Waals surface area (Å²) in [6, 6.07) is -0.192. The van der Waals surface area contributed by atoms with Crippen molar-refractivity contribution < 1.29 is 9.59 Å². The molecule has 4 heteroatoms. The number of carbonyl (C=O) groups excluding carboxylic acids is 2. The fraction of sp³-hybridized carbons (Fsp3) is 0.714. The highest BCUT2D eigenvalue weighted by molar-refractivity contribution is 5.84. The summed E-state index contributed by atoms with van der Waals surface area (Å²) in [5.74, 6) is 0.0170. The summed E-state index contributed by atoms with van der Waals surface area (Å²) >= 11 is 0. The number of rotatable bonds is 2. The molecule has 1 aliphatic heterocycles. The zero-order valence-electron chi connectivity index (χ0n) is 6.78. The standard InChI is InChI=1S/C7H12N2O2/c1-8(2)7(11)6-3-4-9(6)5-10/h5-6H,3-4H2,1-2H3. The van der Waals surface area contributed by atoms with Crippen LogP contribution in [0.1, 0.15) is 6.42 Å². The number of hydrogen-bond acceptors (Lipinski definition) is 2. The molecule has 0 aliphatic carbocycles. The van der Waals surface area contributed by atoms with Crippen LogP contribution in [0.5, 0.6) is 0 Å². The molecule has 1 aliphatic rings. The van der Waals surface area contributed by atoms with Crippen LogP contribution >= 0.6 is 0 Å². The highest BCUT2D eigenvalue weighted by Gasteiger charge is 2.33. The molecule has 1 fully saturated rings. The van der Waals surface area contributed by atoms with Crippen molar-refractivity contribution >= 4 is 12.3 Å². The van der Waals surface area contributed by atoms with E-state index in [1.54, 1.807) is 14.1 Å². The van der Waals surface area contributed by atoms with Gasteiger partial charge in [-0.3, -0.25) is 9.59 Å². The van der Waals surface area contributed by atoms with Gasteiger partial charge in [-0.2, -0.15) is 0 Å². The molecule has 1 unspecified atom stereocenters. The van der Waals surface area contributed by atoms with Crippen LogP contribution in [0.3, 0.4) is 0 Å². The van der Waals surface area contributed by atoms with Gasteiger partial charge in [0.2, 0.25) is 12.3 Å². The summed E-state index contributed by atoms with van der Waals surface area (Å²) < 4.78 is 0. The van der Waals surface area contributed by atoms with Crippen LogP contribution in [0.25, 0.3) is 0 Å². The van der Waals surface area contributed by atoms with Gasteiger partial charge in [0, 0.05) is 20.6 Å². The third kappa shape index (κ3) is 1.34. The Morgan fingerprint density at radius 3 is 2.55 bits per heavy atom. The van der Waals surface area contributed by atoms with E-state index in [1.807, 2.05) is 0 Å². The number of likely N-dealkylation sites (tertiary alicyclic amines) is 1. The van der Waals surface area contributed by atoms with Crippen molar-refractivity contribution in [3.8, 4) is 0 Å². The fourth-order valence-electron chi connectivity index (χ4n) is 1.10. The molecule has 0 N–H and O–H groups in total. The van der Waals surface area contributed by atoms with Gasteiger partial charge in [0.15, 0.2) is 0 Å². The monoisotopic (exact) mass is 156 g/mol. The van der Waals surface area contributed by atoms with Crippen LogP contribution in [0.2, 0.25) is 0 Å². The number of amides is 2. The van der Waals surface area contributed by atoms with Crippen molar-refractivity contribution in [2.45, 2.75) is 12.5 Å². The van der Waals surface area contributed by atoms with E-state index in [9.17, 15) is 9.59 Å². The van der Waals surface area contributed by atoms with Crippen LogP contribution in [0.4, 0.5) is 0 Å². The highest BCUT2D eigenvalue weighted by Crippen LogP contribution is 2.15. The Labute approximate surface area is 65.8 Å². The van der Waals surface area contributed by atoms with E-state index in [1.165, 1.54) is 9.80 Å². The average molecular weight is 156 g/mol. The van der Waals surface area contributed by atoms with Gasteiger partial charge in [0.25, 0.3) is 0 Å². The number of nitrogens with zero attached hydrogens (tertiary/aromatic N) is 2. The van der Waals surface area contributed by atoms with Crippen molar-refractivity contribution in [1.29, 1.82) is 0 Å². The summed E-state index contributed by atoms with van der Waals surface area (Å²) in [6.07, 6.45) is 1.53. The molecule has 0 aromatic rings. The lowest BCUT2D eigenvalue weighted by Gasteiger charge is -2.37. The zero-order valence-corrected chi connectivity index (χ0v) is 6.78. The van der Waals surface area contributed by atoms with Gasteiger partial charge < -0.3 is 9.80 Å². The summed E-state index contributed by atoms with van der Waals surface area (Å²) in [4.78, 5) is 24.5. The second kappa shape index (κ2) is 2.90. The van der Waals surface area contributed by atoms with Gasteiger partial charge in [0.1, 0.15) is 6.04 Å². The first-order chi connectivity index (χ1) is 5.16. The van der Waals surface area contributed by atoms with Crippen LogP contribution in [0, 0.1) is 0 Å². The quantitative estimate of drug-likeness (QED) is 0.496. The summed E-state index contributed by atoms with van der Waals surface area (Å²) in [5, 5.41) is 0. The van der Waals surface area contributed by atoms with Crippen molar-refractivity contribution in [3.05, 3.63) is 0 Å². The molecule has 2 amide bonds. The maximum Gasteiger partial charge on any atom is 0.244 e. The van der Waals surface area contributed by atoms with Crippen LogP contribution in [0.15, 0.2) is 0 Å². The predicted molar refractivity (Wildman–Crippen MR) is 39.9 cm³/mol. The Morgan fingerprint density at radius 2 is 2.27 bits per heavy atom. The van der Waals surface area contributed by atoms with Crippen LogP contribution in [-0.2, 0) is 9.59 Å². The van der Waals surface area contributed by atoms with E-state index < -0.39 is 0 Å². The number of carbonyl (C=O) groups is 2. The third-order valence-electron chi connectivity index (χ3n) is 1.92. The Bertz CT molecular complexity index is 179. The molecule has 4 nitrogen and oxygen atoms in total. The number of likely N-dealkylation sites (N-methyl/N-ethyl adjacent to an activating group) is 1. The van der Waals surface area contributed by atoms with Crippen LogP contribution < -0.4 is 0 Å². The maximum atomic E-state index is 11.2. The normalized spacial score (nSPS) is 22.4. The first-order valence-corrected chi connectivity index (χ1v) is 3.59. The first-order valence-electron chi connectivity index (χ1n) is 3.59. The molecule has 0 bridgehead atoms. The maximum absolute atomic E-state index is 11.2. The minimum atomic E-state index is -0.192. The Balaban J connectivity index is 2.48. The smallest absolute Gasteiger partial charge is 0.244 e. The molecule has 1 saturated heterocycles. The molecule has 0 aromatic heterocycles. The zero-order chi connectivity index (χ0) is 8.43. The SMILES string of the molecule is CN(C)C(=O)C1CCN1C=O. The first kappa shape index (κ1) is 8.04. The molecule has 0 spiro atoms. The molecular formula is C7H12N2O2. The van der Waals surface area contributed by atoms with Gasteiger partial charge in [-0.25, -0.2) is 0 Å². The van der Waals surface area contributed by atoms with Crippen molar-refractivity contribution in [2.24, 2.45) is 0 Å². The van der Waals surface area contributed by atoms with E-state index in [-0.39, 0.29) is 11.9 Å². The lowest BCUT2D eigenvalue weighted by atomic mass is 10.0. The molecule has 0 radical (unpaired) electrons. The van der Waals surface area contributed by atoms with E-state index in [2.05, 4.69) is 0 Å². The molecule has 1 rings (SSSR count). The summed E-state index contributed by atoms with van der Waals surface area (Å²) in [6.45, 7) is 0.716. The van der Waals surface area contributed by atoms with E-state index in [0.29, 0.717) is 6.54 Å². The van der Waals surface area contributed by atoms with Crippen molar-refractivity contribution in [2.75, 3.05) is 20.6 Å². The summed E-state index contributed by atoms with van der Waals surface area (Å²) in [5.41, 5.74) is 0. The third-order valence-corrected chi connectivity index (χ3v) is 1.92. The van der Waals surface area contributed by atoms with E-state index in [4.69, 9.17) is 0 Å². The largest absolute Gasteiger partial charge is 0.347 e. The van der Waals surface area contributed by atoms with Crippen molar-refractivity contribution in [1.82, 2.24) is 9.80 Å². The molecule has 0 saturated carbocycles. The second-order valence-corrected chi connectivity index (χ2v) is 2.88. The molecule has 11 heavy (non-hydrogen) atoms. The molecular weight excluding hydrogens is 144 g/mol. The summed E-state index contributed by atoms with van der Waals surface area (Å²) in [7, 11) is 3.40. The van der Waals surface area contributed by atoms with Crippen LogP contribution in [-0.4, -0.2) is 48.8 Å². The van der Waals surface area contributed by atoms with Gasteiger partial charge in [0.05, 0.1) is 0 Å². The molecule has 0 aromatic carbocycles.